The lowest BCUT2D eigenvalue weighted by molar-refractivity contribution is 0.443. The van der Waals surface area contributed by atoms with Crippen molar-refractivity contribution in [1.82, 2.24) is 15.3 Å². The van der Waals surface area contributed by atoms with Gasteiger partial charge in [-0.3, -0.25) is 0 Å². The minimum Gasteiger partial charge on any atom is -0.439 e. The number of ether oxygens (including phenoxy) is 1. The molecule has 21 heavy (non-hydrogen) atoms. The Balaban J connectivity index is 1.89. The van der Waals surface area contributed by atoms with Gasteiger partial charge >= 0.3 is 0 Å². The maximum absolute atomic E-state index is 6.00. The molecule has 0 atom stereocenters. The third-order valence-electron chi connectivity index (χ3n) is 3.91. The van der Waals surface area contributed by atoms with E-state index in [1.165, 1.54) is 11.1 Å². The zero-order valence-corrected chi connectivity index (χ0v) is 12.8. The van der Waals surface area contributed by atoms with Gasteiger partial charge < -0.3 is 10.1 Å². The van der Waals surface area contributed by atoms with Crippen LogP contribution in [0.4, 0.5) is 0 Å². The van der Waals surface area contributed by atoms with E-state index in [2.05, 4.69) is 48.2 Å². The fraction of sp³-hybridized carbons (Fsp3) is 0.412. The summed E-state index contributed by atoms with van der Waals surface area (Å²) < 4.78 is 6.00. The molecule has 1 N–H and O–H groups in total. The summed E-state index contributed by atoms with van der Waals surface area (Å²) in [6.07, 6.45) is 2.52. The number of benzene rings is 1. The predicted octanol–water partition coefficient (Wildman–Crippen LogP) is 3.35. The number of aromatic nitrogens is 2. The van der Waals surface area contributed by atoms with Gasteiger partial charge in [-0.1, -0.05) is 19.9 Å². The molecule has 1 aromatic carbocycles. The molecule has 0 unspecified atom stereocenters. The van der Waals surface area contributed by atoms with E-state index < -0.39 is 0 Å². The normalized spacial score (nSPS) is 14.1. The number of nitrogens with zero attached hydrogens (tertiary/aromatic N) is 2. The van der Waals surface area contributed by atoms with Crippen LogP contribution in [0.25, 0.3) is 0 Å². The van der Waals surface area contributed by atoms with Gasteiger partial charge in [-0.25, -0.2) is 9.97 Å². The van der Waals surface area contributed by atoms with E-state index in [1.807, 2.05) is 6.07 Å². The molecule has 0 saturated carbocycles. The van der Waals surface area contributed by atoms with Crippen LogP contribution in [0, 0.1) is 6.92 Å². The van der Waals surface area contributed by atoms with Crippen molar-refractivity contribution in [3.8, 4) is 11.6 Å². The molecule has 1 aliphatic rings. The monoisotopic (exact) mass is 283 g/mol. The van der Waals surface area contributed by atoms with E-state index in [-0.39, 0.29) is 0 Å². The van der Waals surface area contributed by atoms with Gasteiger partial charge in [-0.15, -0.1) is 0 Å². The van der Waals surface area contributed by atoms with E-state index in [1.54, 1.807) is 6.33 Å². The van der Waals surface area contributed by atoms with E-state index in [0.717, 1.165) is 36.5 Å². The minimum atomic E-state index is 0.523. The van der Waals surface area contributed by atoms with Crippen molar-refractivity contribution in [2.45, 2.75) is 39.7 Å². The zero-order valence-electron chi connectivity index (χ0n) is 12.8. The molecule has 3 rings (SSSR count). The number of fused-ring (bicyclic) bond motifs is 1. The molecule has 0 saturated heterocycles. The van der Waals surface area contributed by atoms with Crippen molar-refractivity contribution in [1.29, 1.82) is 0 Å². The summed E-state index contributed by atoms with van der Waals surface area (Å²) in [7, 11) is 0. The highest BCUT2D eigenvalue weighted by Crippen LogP contribution is 2.29. The lowest BCUT2D eigenvalue weighted by Crippen LogP contribution is -2.25. The first-order chi connectivity index (χ1) is 10.1. The Morgan fingerprint density at radius 3 is 2.86 bits per heavy atom. The van der Waals surface area contributed by atoms with Crippen LogP contribution in [-0.2, 0) is 13.0 Å². The molecule has 0 aliphatic carbocycles. The van der Waals surface area contributed by atoms with Gasteiger partial charge in [0, 0.05) is 19.5 Å². The van der Waals surface area contributed by atoms with Crippen LogP contribution in [0.3, 0.4) is 0 Å². The Morgan fingerprint density at radius 2 is 2.10 bits per heavy atom. The topological polar surface area (TPSA) is 47.0 Å². The lowest BCUT2D eigenvalue weighted by Gasteiger charge is -2.18. The van der Waals surface area contributed by atoms with Crippen molar-refractivity contribution >= 4 is 0 Å². The second kappa shape index (κ2) is 5.82. The van der Waals surface area contributed by atoms with E-state index >= 15 is 0 Å². The Kier molecular flexibility index (Phi) is 3.88. The summed E-state index contributed by atoms with van der Waals surface area (Å²) in [5.74, 6) is 2.03. The number of aryl methyl sites for hydroxylation is 1. The average molecular weight is 283 g/mol. The standard InChI is InChI=1S/C17H21N3O/c1-11(2)14-5-4-13(8-12(14)3)21-17-15-9-18-7-6-16(15)19-10-20-17/h4-5,8,10-11,18H,6-7,9H2,1-3H3. The smallest absolute Gasteiger partial charge is 0.227 e. The van der Waals surface area contributed by atoms with Crippen molar-refractivity contribution in [2.75, 3.05) is 6.54 Å². The Hall–Kier alpha value is -1.94. The first-order valence-electron chi connectivity index (χ1n) is 7.47. The average Bonchev–Trinajstić information content (AvgIpc) is 2.47. The Morgan fingerprint density at radius 1 is 1.24 bits per heavy atom. The van der Waals surface area contributed by atoms with Crippen LogP contribution in [0.1, 0.15) is 42.1 Å². The molecule has 0 spiro atoms. The number of hydrogen-bond acceptors (Lipinski definition) is 4. The number of nitrogens with one attached hydrogen (secondary N) is 1. The molecule has 2 heterocycles. The molecule has 0 amide bonds. The summed E-state index contributed by atoms with van der Waals surface area (Å²) in [5, 5.41) is 3.34. The van der Waals surface area contributed by atoms with Crippen molar-refractivity contribution in [3.63, 3.8) is 0 Å². The molecular weight excluding hydrogens is 262 g/mol. The third kappa shape index (κ3) is 2.90. The van der Waals surface area contributed by atoms with Gasteiger partial charge in [-0.2, -0.15) is 0 Å². The van der Waals surface area contributed by atoms with Crippen LogP contribution in [-0.4, -0.2) is 16.5 Å². The molecule has 0 fully saturated rings. The SMILES string of the molecule is Cc1cc(Oc2ncnc3c2CNCC3)ccc1C(C)C. The highest BCUT2D eigenvalue weighted by molar-refractivity contribution is 5.40. The van der Waals surface area contributed by atoms with Crippen LogP contribution < -0.4 is 10.1 Å². The summed E-state index contributed by atoms with van der Waals surface area (Å²) in [5.41, 5.74) is 4.78. The summed E-state index contributed by atoms with van der Waals surface area (Å²) in [6.45, 7) is 8.27. The quantitative estimate of drug-likeness (QED) is 0.938. The Labute approximate surface area is 125 Å². The van der Waals surface area contributed by atoms with Gasteiger partial charge in [-0.05, 0) is 36.1 Å². The first-order valence-corrected chi connectivity index (χ1v) is 7.47. The molecule has 4 nitrogen and oxygen atoms in total. The van der Waals surface area contributed by atoms with Crippen molar-refractivity contribution in [3.05, 3.63) is 46.9 Å². The van der Waals surface area contributed by atoms with Gasteiger partial charge in [0.15, 0.2) is 0 Å². The summed E-state index contributed by atoms with van der Waals surface area (Å²) >= 11 is 0. The summed E-state index contributed by atoms with van der Waals surface area (Å²) in [4.78, 5) is 8.65. The minimum absolute atomic E-state index is 0.523. The second-order valence-corrected chi connectivity index (χ2v) is 5.81. The van der Waals surface area contributed by atoms with Gasteiger partial charge in [0.1, 0.15) is 12.1 Å². The fourth-order valence-corrected chi connectivity index (χ4v) is 2.80. The highest BCUT2D eigenvalue weighted by atomic mass is 16.5. The summed E-state index contributed by atoms with van der Waals surface area (Å²) in [6, 6.07) is 6.24. The second-order valence-electron chi connectivity index (χ2n) is 5.81. The number of rotatable bonds is 3. The first kappa shape index (κ1) is 14.0. The van der Waals surface area contributed by atoms with Crippen LogP contribution >= 0.6 is 0 Å². The molecule has 110 valence electrons. The molecule has 2 aromatic rings. The molecule has 0 radical (unpaired) electrons. The molecule has 4 heteroatoms. The largest absolute Gasteiger partial charge is 0.439 e. The van der Waals surface area contributed by atoms with Gasteiger partial charge in [0.25, 0.3) is 0 Å². The van der Waals surface area contributed by atoms with Crippen molar-refractivity contribution < 1.29 is 4.74 Å². The zero-order chi connectivity index (χ0) is 14.8. The predicted molar refractivity (Wildman–Crippen MR) is 82.8 cm³/mol. The fourth-order valence-electron chi connectivity index (χ4n) is 2.80. The molecule has 0 bridgehead atoms. The van der Waals surface area contributed by atoms with Crippen molar-refractivity contribution in [2.24, 2.45) is 0 Å². The van der Waals surface area contributed by atoms with Gasteiger partial charge in [0.2, 0.25) is 5.88 Å². The third-order valence-corrected chi connectivity index (χ3v) is 3.91. The highest BCUT2D eigenvalue weighted by Gasteiger charge is 2.17. The maximum atomic E-state index is 6.00. The number of hydrogen-bond donors (Lipinski definition) is 1. The molecular formula is C17H21N3O. The molecule has 1 aliphatic heterocycles. The van der Waals surface area contributed by atoms with E-state index in [9.17, 15) is 0 Å². The van der Waals surface area contributed by atoms with Crippen LogP contribution in [0.5, 0.6) is 11.6 Å². The van der Waals surface area contributed by atoms with Crippen LogP contribution in [0.2, 0.25) is 0 Å². The Bertz CT molecular complexity index is 652. The van der Waals surface area contributed by atoms with Crippen LogP contribution in [0.15, 0.2) is 24.5 Å². The lowest BCUT2D eigenvalue weighted by atomic mass is 9.98. The molecule has 1 aromatic heterocycles. The van der Waals surface area contributed by atoms with Gasteiger partial charge in [0.05, 0.1) is 11.3 Å². The maximum Gasteiger partial charge on any atom is 0.227 e. The van der Waals surface area contributed by atoms with E-state index in [4.69, 9.17) is 4.74 Å². The van der Waals surface area contributed by atoms with E-state index in [0.29, 0.717) is 11.8 Å².